The summed E-state index contributed by atoms with van der Waals surface area (Å²) in [5, 5.41) is 7.86. The van der Waals surface area contributed by atoms with E-state index in [1.165, 1.54) is 10.7 Å². The fourth-order valence-corrected chi connectivity index (χ4v) is 2.41. The van der Waals surface area contributed by atoms with Crippen molar-refractivity contribution >= 4 is 6.09 Å². The van der Waals surface area contributed by atoms with E-state index in [1.807, 2.05) is 0 Å². The third kappa shape index (κ3) is 3.41. The number of halogens is 1. The van der Waals surface area contributed by atoms with E-state index in [0.717, 1.165) is 25.9 Å². The summed E-state index contributed by atoms with van der Waals surface area (Å²) in [6.45, 7) is 1.87. The summed E-state index contributed by atoms with van der Waals surface area (Å²) in [5.41, 5.74) is 1.08. The van der Waals surface area contributed by atoms with Gasteiger partial charge in [0.1, 0.15) is 18.1 Å². The lowest BCUT2D eigenvalue weighted by molar-refractivity contribution is 0.103. The Bertz CT molecular complexity index is 652. The van der Waals surface area contributed by atoms with Crippen LogP contribution in [0.3, 0.4) is 0 Å². The SMILES string of the molecule is O=C(OCc1cn(Cc2ccccc2F)nn1)N1CCCC1. The summed E-state index contributed by atoms with van der Waals surface area (Å²) in [4.78, 5) is 13.4. The lowest BCUT2D eigenvalue weighted by atomic mass is 10.2. The van der Waals surface area contributed by atoms with E-state index < -0.39 is 0 Å². The zero-order valence-electron chi connectivity index (χ0n) is 12.1. The Morgan fingerprint density at radius 3 is 2.82 bits per heavy atom. The van der Waals surface area contributed by atoms with E-state index in [0.29, 0.717) is 17.8 Å². The second kappa shape index (κ2) is 6.55. The minimum absolute atomic E-state index is 0.0760. The van der Waals surface area contributed by atoms with Gasteiger partial charge in [-0.3, -0.25) is 0 Å². The third-order valence-corrected chi connectivity index (χ3v) is 3.58. The number of hydrogen-bond acceptors (Lipinski definition) is 4. The molecule has 1 aromatic carbocycles. The van der Waals surface area contributed by atoms with Crippen molar-refractivity contribution in [2.45, 2.75) is 26.0 Å². The summed E-state index contributed by atoms with van der Waals surface area (Å²) in [6, 6.07) is 6.52. The van der Waals surface area contributed by atoms with Gasteiger partial charge in [-0.05, 0) is 18.9 Å². The van der Waals surface area contributed by atoms with Crippen LogP contribution in [0.25, 0.3) is 0 Å². The standard InChI is InChI=1S/C15H17FN4O2/c16-14-6-2-1-5-12(14)9-20-10-13(17-18-20)11-22-15(21)19-7-3-4-8-19/h1-2,5-6,10H,3-4,7-9,11H2. The molecule has 7 heteroatoms. The van der Waals surface area contributed by atoms with Crippen LogP contribution in [0.2, 0.25) is 0 Å². The first kappa shape index (κ1) is 14.5. The maximum Gasteiger partial charge on any atom is 0.410 e. The molecule has 116 valence electrons. The number of benzene rings is 1. The number of carbonyl (C=O) groups is 1. The van der Waals surface area contributed by atoms with Crippen LogP contribution >= 0.6 is 0 Å². The van der Waals surface area contributed by atoms with Gasteiger partial charge in [-0.25, -0.2) is 13.9 Å². The van der Waals surface area contributed by atoms with Crippen LogP contribution in [0, 0.1) is 5.82 Å². The summed E-state index contributed by atoms with van der Waals surface area (Å²) in [6.07, 6.45) is 3.38. The van der Waals surface area contributed by atoms with E-state index in [1.54, 1.807) is 29.3 Å². The van der Waals surface area contributed by atoms with Crippen molar-refractivity contribution < 1.29 is 13.9 Å². The topological polar surface area (TPSA) is 60.3 Å². The van der Waals surface area contributed by atoms with Crippen LogP contribution in [0.15, 0.2) is 30.5 Å². The number of ether oxygens (including phenoxy) is 1. The van der Waals surface area contributed by atoms with E-state index in [9.17, 15) is 9.18 Å². The fourth-order valence-electron chi connectivity index (χ4n) is 2.41. The molecule has 1 fully saturated rings. The molecule has 0 radical (unpaired) electrons. The van der Waals surface area contributed by atoms with E-state index >= 15 is 0 Å². The Labute approximate surface area is 127 Å². The molecule has 1 saturated heterocycles. The maximum absolute atomic E-state index is 13.6. The molecule has 2 aromatic rings. The molecule has 1 aliphatic rings. The highest BCUT2D eigenvalue weighted by molar-refractivity contribution is 5.67. The van der Waals surface area contributed by atoms with Gasteiger partial charge in [0.2, 0.25) is 0 Å². The normalized spacial score (nSPS) is 14.3. The zero-order chi connectivity index (χ0) is 15.4. The van der Waals surface area contributed by atoms with Crippen molar-refractivity contribution in [1.82, 2.24) is 19.9 Å². The molecule has 0 unspecified atom stereocenters. The summed E-state index contributed by atoms with van der Waals surface area (Å²) in [5.74, 6) is -0.278. The number of hydrogen-bond donors (Lipinski definition) is 0. The third-order valence-electron chi connectivity index (χ3n) is 3.58. The molecule has 22 heavy (non-hydrogen) atoms. The highest BCUT2D eigenvalue weighted by atomic mass is 19.1. The number of nitrogens with zero attached hydrogens (tertiary/aromatic N) is 4. The van der Waals surface area contributed by atoms with Crippen molar-refractivity contribution in [2.75, 3.05) is 13.1 Å². The molecule has 1 aliphatic heterocycles. The Morgan fingerprint density at radius 2 is 2.05 bits per heavy atom. The predicted octanol–water partition coefficient (Wildman–Crippen LogP) is 2.20. The van der Waals surface area contributed by atoms with E-state index in [-0.39, 0.29) is 18.5 Å². The average molecular weight is 304 g/mol. The van der Waals surface area contributed by atoms with E-state index in [2.05, 4.69) is 10.3 Å². The van der Waals surface area contributed by atoms with Gasteiger partial charge in [0, 0.05) is 18.7 Å². The second-order valence-corrected chi connectivity index (χ2v) is 5.25. The maximum atomic E-state index is 13.6. The fraction of sp³-hybridized carbons (Fsp3) is 0.400. The first-order chi connectivity index (χ1) is 10.7. The van der Waals surface area contributed by atoms with Crippen molar-refractivity contribution in [3.8, 4) is 0 Å². The number of carbonyl (C=O) groups excluding carboxylic acids is 1. The molecule has 0 bridgehead atoms. The molecule has 0 atom stereocenters. The molecule has 0 aliphatic carbocycles. The van der Waals surface area contributed by atoms with Gasteiger partial charge in [-0.2, -0.15) is 0 Å². The Balaban J connectivity index is 1.55. The molecule has 6 nitrogen and oxygen atoms in total. The van der Waals surface area contributed by atoms with Crippen molar-refractivity contribution in [2.24, 2.45) is 0 Å². The van der Waals surface area contributed by atoms with Gasteiger partial charge < -0.3 is 9.64 Å². The van der Waals surface area contributed by atoms with Crippen molar-refractivity contribution in [1.29, 1.82) is 0 Å². The smallest absolute Gasteiger partial charge is 0.410 e. The quantitative estimate of drug-likeness (QED) is 0.869. The van der Waals surface area contributed by atoms with Gasteiger partial charge in [0.25, 0.3) is 0 Å². The van der Waals surface area contributed by atoms with Gasteiger partial charge >= 0.3 is 6.09 Å². The highest BCUT2D eigenvalue weighted by Gasteiger charge is 2.19. The van der Waals surface area contributed by atoms with Crippen LogP contribution in [0.4, 0.5) is 9.18 Å². The minimum atomic E-state index is -0.318. The van der Waals surface area contributed by atoms with Gasteiger partial charge in [-0.15, -0.1) is 5.10 Å². The number of amides is 1. The molecule has 1 aromatic heterocycles. The molecule has 0 spiro atoms. The van der Waals surface area contributed by atoms with Gasteiger partial charge in [0.15, 0.2) is 0 Å². The van der Waals surface area contributed by atoms with Gasteiger partial charge in [0.05, 0.1) is 12.7 Å². The van der Waals surface area contributed by atoms with Crippen LogP contribution < -0.4 is 0 Å². The minimum Gasteiger partial charge on any atom is -0.443 e. The molecule has 0 saturated carbocycles. The van der Waals surface area contributed by atoms with Crippen molar-refractivity contribution in [3.63, 3.8) is 0 Å². The predicted molar refractivity (Wildman–Crippen MR) is 76.5 cm³/mol. The summed E-state index contributed by atoms with van der Waals surface area (Å²) < 4.78 is 20.3. The van der Waals surface area contributed by atoms with Crippen molar-refractivity contribution in [3.05, 3.63) is 47.5 Å². The average Bonchev–Trinajstić information content (AvgIpc) is 3.19. The Kier molecular flexibility index (Phi) is 4.32. The molecule has 2 heterocycles. The number of aromatic nitrogens is 3. The number of rotatable bonds is 4. The zero-order valence-corrected chi connectivity index (χ0v) is 12.1. The second-order valence-electron chi connectivity index (χ2n) is 5.25. The summed E-state index contributed by atoms with van der Waals surface area (Å²) in [7, 11) is 0. The molecular weight excluding hydrogens is 287 g/mol. The molecular formula is C15H17FN4O2. The Hall–Kier alpha value is -2.44. The molecule has 1 amide bonds. The van der Waals surface area contributed by atoms with Crippen LogP contribution in [-0.2, 0) is 17.9 Å². The summed E-state index contributed by atoms with van der Waals surface area (Å²) >= 11 is 0. The van der Waals surface area contributed by atoms with Gasteiger partial charge in [-0.1, -0.05) is 23.4 Å². The number of likely N-dealkylation sites (tertiary alicyclic amines) is 1. The van der Waals surface area contributed by atoms with Crippen LogP contribution in [0.5, 0.6) is 0 Å². The van der Waals surface area contributed by atoms with Crippen LogP contribution in [0.1, 0.15) is 24.1 Å². The Morgan fingerprint density at radius 1 is 1.27 bits per heavy atom. The molecule has 0 N–H and O–H groups in total. The largest absolute Gasteiger partial charge is 0.443 e. The lowest BCUT2D eigenvalue weighted by Gasteiger charge is -2.13. The first-order valence-electron chi connectivity index (χ1n) is 7.26. The highest BCUT2D eigenvalue weighted by Crippen LogP contribution is 2.11. The van der Waals surface area contributed by atoms with E-state index in [4.69, 9.17) is 4.74 Å². The molecule has 3 rings (SSSR count). The van der Waals surface area contributed by atoms with Crippen LogP contribution in [-0.4, -0.2) is 39.1 Å². The first-order valence-corrected chi connectivity index (χ1v) is 7.26. The lowest BCUT2D eigenvalue weighted by Crippen LogP contribution is -2.28. The monoisotopic (exact) mass is 304 g/mol.